The smallest absolute Gasteiger partial charge is 0.416 e. The number of nitrogens with zero attached hydrogens (tertiary/aromatic N) is 3. The third kappa shape index (κ3) is 4.85. The number of aromatic nitrogens is 2. The van der Waals surface area contributed by atoms with Gasteiger partial charge in [-0.25, -0.2) is 18.4 Å². The van der Waals surface area contributed by atoms with Gasteiger partial charge in [0.05, 0.1) is 18.0 Å². The van der Waals surface area contributed by atoms with E-state index >= 15 is 0 Å². The summed E-state index contributed by atoms with van der Waals surface area (Å²) in [5.41, 5.74) is 1.49. The van der Waals surface area contributed by atoms with Crippen molar-refractivity contribution < 1.29 is 31.5 Å². The third-order valence-electron chi connectivity index (χ3n) is 5.09. The van der Waals surface area contributed by atoms with Crippen LogP contribution in [0.3, 0.4) is 0 Å². The molecule has 0 spiro atoms. The van der Waals surface area contributed by atoms with Crippen LogP contribution in [0, 0.1) is 0 Å². The molecular formula is C21H16BrF3N4O4S. The second kappa shape index (κ2) is 8.55. The summed E-state index contributed by atoms with van der Waals surface area (Å²) in [6.45, 7) is 0.196. The minimum atomic E-state index is -4.46. The van der Waals surface area contributed by atoms with Crippen LogP contribution < -0.4 is 9.62 Å². The first kappa shape index (κ1) is 24.0. The molecule has 2 heterocycles. The Morgan fingerprint density at radius 2 is 1.85 bits per heavy atom. The molecule has 0 aliphatic carbocycles. The second-order valence-corrected chi connectivity index (χ2v) is 10.1. The zero-order chi connectivity index (χ0) is 24.8. The number of halogens is 4. The van der Waals surface area contributed by atoms with Crippen molar-refractivity contribution in [2.45, 2.75) is 12.6 Å². The van der Waals surface area contributed by atoms with Gasteiger partial charge in [-0.3, -0.25) is 14.4 Å². The Bertz CT molecular complexity index is 1410. The Hall–Kier alpha value is -3.19. The number of hydrogen-bond donors (Lipinski definition) is 2. The van der Waals surface area contributed by atoms with E-state index in [-0.39, 0.29) is 16.8 Å². The molecule has 2 aromatic carbocycles. The highest BCUT2D eigenvalue weighted by atomic mass is 79.9. The monoisotopic (exact) mass is 556 g/mol. The first-order valence-corrected chi connectivity index (χ1v) is 12.4. The summed E-state index contributed by atoms with van der Waals surface area (Å²) in [7, 11) is -3.74. The molecule has 0 bridgehead atoms. The van der Waals surface area contributed by atoms with Crippen LogP contribution in [0.5, 0.6) is 5.88 Å². The number of alkyl halides is 3. The number of sulfonamides is 1. The number of carbonyl (C=O) groups excluding carboxylic acids is 1. The summed E-state index contributed by atoms with van der Waals surface area (Å²) in [6, 6.07) is 8.33. The molecule has 3 aromatic rings. The molecule has 34 heavy (non-hydrogen) atoms. The second-order valence-electron chi connectivity index (χ2n) is 7.55. The Morgan fingerprint density at radius 3 is 2.50 bits per heavy atom. The van der Waals surface area contributed by atoms with E-state index in [0.29, 0.717) is 28.7 Å². The van der Waals surface area contributed by atoms with Crippen molar-refractivity contribution in [2.75, 3.05) is 22.4 Å². The maximum Gasteiger partial charge on any atom is 0.416 e. The minimum absolute atomic E-state index is 0.0501. The van der Waals surface area contributed by atoms with E-state index < -0.39 is 39.4 Å². The fraction of sp³-hybridized carbons (Fsp3) is 0.190. The SMILES string of the molecule is CS(=O)(=O)Nc1nc(N2CCc3cc(-c4ccc(C(F)(F)F)cc4Br)ccc3C2=O)cnc1O. The Kier molecular flexibility index (Phi) is 6.02. The lowest BCUT2D eigenvalue weighted by Gasteiger charge is -2.28. The van der Waals surface area contributed by atoms with E-state index in [2.05, 4.69) is 25.9 Å². The lowest BCUT2D eigenvalue weighted by Crippen LogP contribution is -2.38. The molecule has 2 N–H and O–H groups in total. The van der Waals surface area contributed by atoms with Crippen molar-refractivity contribution in [1.29, 1.82) is 0 Å². The minimum Gasteiger partial charge on any atom is -0.491 e. The highest BCUT2D eigenvalue weighted by Gasteiger charge is 2.31. The van der Waals surface area contributed by atoms with E-state index in [1.807, 2.05) is 4.72 Å². The van der Waals surface area contributed by atoms with Gasteiger partial charge in [0.25, 0.3) is 11.8 Å². The van der Waals surface area contributed by atoms with Crippen molar-refractivity contribution >= 4 is 43.5 Å². The standard InChI is InChI=1S/C21H16BrF3N4O4S/c1-34(32,33)28-18-19(30)26-10-17(27-18)29-7-6-12-8-11(2-4-15(12)20(29)31)14-5-3-13(9-16(14)22)21(23,24)25/h2-5,8-10H,6-7H2,1H3,(H,26,30)(H,27,28). The van der Waals surface area contributed by atoms with Crippen LogP contribution in [-0.4, -0.2) is 42.2 Å². The fourth-order valence-electron chi connectivity index (χ4n) is 3.55. The Balaban J connectivity index is 1.64. The van der Waals surface area contributed by atoms with E-state index in [1.54, 1.807) is 18.2 Å². The van der Waals surface area contributed by atoms with Crippen LogP contribution in [0.1, 0.15) is 21.5 Å². The van der Waals surface area contributed by atoms with Gasteiger partial charge in [0.15, 0.2) is 5.82 Å². The average molecular weight is 557 g/mol. The van der Waals surface area contributed by atoms with Gasteiger partial charge in [-0.05, 0) is 41.3 Å². The molecule has 0 radical (unpaired) electrons. The normalized spacial score (nSPS) is 14.1. The lowest BCUT2D eigenvalue weighted by atomic mass is 9.93. The Labute approximate surface area is 200 Å². The van der Waals surface area contributed by atoms with E-state index in [4.69, 9.17) is 0 Å². The number of carbonyl (C=O) groups is 1. The maximum absolute atomic E-state index is 13.1. The van der Waals surface area contributed by atoms with Crippen LogP contribution in [-0.2, 0) is 22.6 Å². The predicted octanol–water partition coefficient (Wildman–Crippen LogP) is 4.20. The van der Waals surface area contributed by atoms with Crippen LogP contribution in [0.15, 0.2) is 47.1 Å². The number of rotatable bonds is 4. The molecule has 178 valence electrons. The molecule has 1 aliphatic rings. The molecule has 0 fully saturated rings. The highest BCUT2D eigenvalue weighted by molar-refractivity contribution is 9.10. The molecule has 1 aromatic heterocycles. The number of hydrogen-bond acceptors (Lipinski definition) is 6. The average Bonchev–Trinajstić information content (AvgIpc) is 2.74. The Morgan fingerprint density at radius 1 is 1.15 bits per heavy atom. The molecule has 0 saturated heterocycles. The largest absolute Gasteiger partial charge is 0.491 e. The van der Waals surface area contributed by atoms with Gasteiger partial charge in [-0.2, -0.15) is 13.2 Å². The van der Waals surface area contributed by atoms with Crippen LogP contribution >= 0.6 is 15.9 Å². The van der Waals surface area contributed by atoms with Gasteiger partial charge >= 0.3 is 6.18 Å². The van der Waals surface area contributed by atoms with Crippen molar-refractivity contribution in [3.05, 3.63) is 63.8 Å². The number of anilines is 2. The van der Waals surface area contributed by atoms with Crippen molar-refractivity contribution in [2.24, 2.45) is 0 Å². The number of fused-ring (bicyclic) bond motifs is 1. The van der Waals surface area contributed by atoms with E-state index in [1.165, 1.54) is 11.0 Å². The summed E-state index contributed by atoms with van der Waals surface area (Å²) in [6.07, 6.45) is -2.01. The quantitative estimate of drug-likeness (QED) is 0.498. The predicted molar refractivity (Wildman–Crippen MR) is 122 cm³/mol. The van der Waals surface area contributed by atoms with Crippen LogP contribution in [0.4, 0.5) is 24.8 Å². The zero-order valence-corrected chi connectivity index (χ0v) is 19.8. The molecule has 4 rings (SSSR count). The van der Waals surface area contributed by atoms with Crippen molar-refractivity contribution in [3.63, 3.8) is 0 Å². The number of aromatic hydroxyl groups is 1. The van der Waals surface area contributed by atoms with Crippen molar-refractivity contribution in [3.8, 4) is 17.0 Å². The number of nitrogens with one attached hydrogen (secondary N) is 1. The summed E-state index contributed by atoms with van der Waals surface area (Å²) in [5.74, 6) is -1.40. The molecule has 0 saturated carbocycles. The van der Waals surface area contributed by atoms with Crippen LogP contribution in [0.2, 0.25) is 0 Å². The first-order chi connectivity index (χ1) is 15.8. The molecule has 1 aliphatic heterocycles. The fourth-order valence-corrected chi connectivity index (χ4v) is 4.64. The van der Waals surface area contributed by atoms with Gasteiger partial charge in [0.2, 0.25) is 15.8 Å². The summed E-state index contributed by atoms with van der Waals surface area (Å²) in [4.78, 5) is 22.1. The maximum atomic E-state index is 13.1. The van der Waals surface area contributed by atoms with Gasteiger partial charge in [0, 0.05) is 16.6 Å². The highest BCUT2D eigenvalue weighted by Crippen LogP contribution is 2.37. The lowest BCUT2D eigenvalue weighted by molar-refractivity contribution is -0.137. The summed E-state index contributed by atoms with van der Waals surface area (Å²) in [5, 5.41) is 9.77. The summed E-state index contributed by atoms with van der Waals surface area (Å²) < 4.78 is 64.1. The molecule has 0 unspecified atom stereocenters. The van der Waals surface area contributed by atoms with E-state index in [9.17, 15) is 31.5 Å². The van der Waals surface area contributed by atoms with Gasteiger partial charge in [0.1, 0.15) is 0 Å². The number of amides is 1. The molecule has 8 nitrogen and oxygen atoms in total. The molecular weight excluding hydrogens is 541 g/mol. The van der Waals surface area contributed by atoms with E-state index in [0.717, 1.165) is 24.6 Å². The molecule has 0 atom stereocenters. The van der Waals surface area contributed by atoms with Gasteiger partial charge in [-0.15, -0.1) is 0 Å². The van der Waals surface area contributed by atoms with Gasteiger partial charge < -0.3 is 5.11 Å². The molecule has 1 amide bonds. The molecule has 13 heteroatoms. The first-order valence-electron chi connectivity index (χ1n) is 9.69. The van der Waals surface area contributed by atoms with Gasteiger partial charge in [-0.1, -0.05) is 34.1 Å². The topological polar surface area (TPSA) is 112 Å². The van der Waals surface area contributed by atoms with Crippen molar-refractivity contribution in [1.82, 2.24) is 9.97 Å². The van der Waals surface area contributed by atoms with Crippen LogP contribution in [0.25, 0.3) is 11.1 Å². The summed E-state index contributed by atoms with van der Waals surface area (Å²) >= 11 is 3.20. The number of benzene rings is 2. The third-order valence-corrected chi connectivity index (χ3v) is 6.31. The zero-order valence-electron chi connectivity index (χ0n) is 17.4.